The van der Waals surface area contributed by atoms with Gasteiger partial charge < -0.3 is 14.6 Å². The van der Waals surface area contributed by atoms with E-state index in [4.69, 9.17) is 4.74 Å². The number of hydrogen-bond donors (Lipinski definition) is 1. The molecule has 30 heavy (non-hydrogen) atoms. The highest BCUT2D eigenvalue weighted by Crippen LogP contribution is 2.28. The SMILES string of the molecule is CCn1cnc2c(-c3ccccc3)cn(CC(=O)Nc3ccccc3OC)c2c1=O. The Balaban J connectivity index is 1.76. The number of fused-ring (bicyclic) bond motifs is 1. The highest BCUT2D eigenvalue weighted by atomic mass is 16.5. The number of rotatable bonds is 6. The van der Waals surface area contributed by atoms with Crippen LogP contribution >= 0.6 is 0 Å². The Hall–Kier alpha value is -3.87. The quantitative estimate of drug-likeness (QED) is 0.535. The van der Waals surface area contributed by atoms with Crippen molar-refractivity contribution in [1.82, 2.24) is 14.1 Å². The van der Waals surface area contributed by atoms with Gasteiger partial charge in [-0.05, 0) is 24.6 Å². The fourth-order valence-electron chi connectivity index (χ4n) is 3.49. The van der Waals surface area contributed by atoms with E-state index < -0.39 is 0 Å². The van der Waals surface area contributed by atoms with E-state index in [0.29, 0.717) is 29.0 Å². The lowest BCUT2D eigenvalue weighted by atomic mass is 10.1. The number of benzene rings is 2. The van der Waals surface area contributed by atoms with E-state index in [1.165, 1.54) is 4.57 Å². The second-order valence-electron chi connectivity index (χ2n) is 6.82. The van der Waals surface area contributed by atoms with Crippen LogP contribution in [-0.4, -0.2) is 27.1 Å². The molecule has 2 aromatic heterocycles. The lowest BCUT2D eigenvalue weighted by Crippen LogP contribution is -2.24. The molecule has 152 valence electrons. The molecule has 7 nitrogen and oxygen atoms in total. The number of amides is 1. The van der Waals surface area contributed by atoms with Gasteiger partial charge in [0.15, 0.2) is 0 Å². The largest absolute Gasteiger partial charge is 0.495 e. The van der Waals surface area contributed by atoms with Gasteiger partial charge in [-0.15, -0.1) is 0 Å². The monoisotopic (exact) mass is 402 g/mol. The molecule has 7 heteroatoms. The van der Waals surface area contributed by atoms with Gasteiger partial charge in [0.05, 0.1) is 19.1 Å². The second kappa shape index (κ2) is 8.24. The average molecular weight is 402 g/mol. The van der Waals surface area contributed by atoms with Crippen LogP contribution in [0, 0.1) is 0 Å². The van der Waals surface area contributed by atoms with Crippen molar-refractivity contribution in [3.8, 4) is 16.9 Å². The number of para-hydroxylation sites is 2. The third-order valence-corrected chi connectivity index (χ3v) is 4.96. The fourth-order valence-corrected chi connectivity index (χ4v) is 3.49. The number of nitrogens with one attached hydrogen (secondary N) is 1. The fraction of sp³-hybridized carbons (Fsp3) is 0.174. The minimum Gasteiger partial charge on any atom is -0.495 e. The van der Waals surface area contributed by atoms with E-state index >= 15 is 0 Å². The summed E-state index contributed by atoms with van der Waals surface area (Å²) < 4.78 is 8.50. The minimum absolute atomic E-state index is 0.0218. The van der Waals surface area contributed by atoms with Crippen LogP contribution in [0.3, 0.4) is 0 Å². The molecule has 0 saturated heterocycles. The predicted molar refractivity (Wildman–Crippen MR) is 117 cm³/mol. The van der Waals surface area contributed by atoms with E-state index in [9.17, 15) is 9.59 Å². The molecule has 1 N–H and O–H groups in total. The predicted octanol–water partition coefficient (Wildman–Crippen LogP) is 3.53. The van der Waals surface area contributed by atoms with Crippen molar-refractivity contribution >= 4 is 22.6 Å². The Morgan fingerprint density at radius 3 is 2.53 bits per heavy atom. The first-order chi connectivity index (χ1) is 14.6. The summed E-state index contributed by atoms with van der Waals surface area (Å²) in [5.74, 6) is 0.311. The molecule has 0 aliphatic heterocycles. The van der Waals surface area contributed by atoms with Gasteiger partial charge >= 0.3 is 0 Å². The van der Waals surface area contributed by atoms with Crippen LogP contribution in [0.1, 0.15) is 6.92 Å². The maximum atomic E-state index is 13.0. The van der Waals surface area contributed by atoms with Gasteiger partial charge in [0.25, 0.3) is 5.56 Å². The lowest BCUT2D eigenvalue weighted by Gasteiger charge is -2.11. The number of nitrogens with zero attached hydrogens (tertiary/aromatic N) is 3. The molecule has 1 amide bonds. The summed E-state index contributed by atoms with van der Waals surface area (Å²) in [6.07, 6.45) is 3.37. The van der Waals surface area contributed by atoms with Crippen LogP contribution in [0.2, 0.25) is 0 Å². The zero-order chi connectivity index (χ0) is 21.1. The number of aryl methyl sites for hydroxylation is 1. The molecule has 4 rings (SSSR count). The van der Waals surface area contributed by atoms with Gasteiger partial charge in [0, 0.05) is 18.3 Å². The molecule has 4 aromatic rings. The molecule has 0 spiro atoms. The van der Waals surface area contributed by atoms with Crippen LogP contribution in [-0.2, 0) is 17.9 Å². The number of aromatic nitrogens is 3. The van der Waals surface area contributed by atoms with Gasteiger partial charge in [-0.25, -0.2) is 4.98 Å². The first-order valence-electron chi connectivity index (χ1n) is 9.69. The number of carbonyl (C=O) groups is 1. The molecule has 2 heterocycles. The minimum atomic E-state index is -0.262. The standard InChI is InChI=1S/C23H22N4O3/c1-3-26-15-24-21-17(16-9-5-4-6-10-16)13-27(22(21)23(26)29)14-20(28)25-18-11-7-8-12-19(18)30-2/h4-13,15H,3,14H2,1-2H3,(H,25,28). The molecule has 2 aromatic carbocycles. The topological polar surface area (TPSA) is 78.2 Å². The zero-order valence-electron chi connectivity index (χ0n) is 16.8. The summed E-state index contributed by atoms with van der Waals surface area (Å²) >= 11 is 0. The Labute approximate surface area is 173 Å². The van der Waals surface area contributed by atoms with Crippen molar-refractivity contribution in [2.24, 2.45) is 0 Å². The molecule has 0 bridgehead atoms. The maximum absolute atomic E-state index is 13.0. The van der Waals surface area contributed by atoms with E-state index in [1.807, 2.05) is 55.6 Å². The lowest BCUT2D eigenvalue weighted by molar-refractivity contribution is -0.116. The summed E-state index contributed by atoms with van der Waals surface area (Å²) in [4.78, 5) is 30.3. The Bertz CT molecular complexity index is 1260. The van der Waals surface area contributed by atoms with E-state index in [-0.39, 0.29) is 18.0 Å². The molecule has 0 fully saturated rings. The van der Waals surface area contributed by atoms with Gasteiger partial charge in [-0.1, -0.05) is 42.5 Å². The third-order valence-electron chi connectivity index (χ3n) is 4.96. The molecule has 0 aliphatic carbocycles. The van der Waals surface area contributed by atoms with E-state index in [2.05, 4.69) is 10.3 Å². The number of hydrogen-bond acceptors (Lipinski definition) is 4. The number of anilines is 1. The van der Waals surface area contributed by atoms with Crippen molar-refractivity contribution in [3.05, 3.63) is 77.5 Å². The highest BCUT2D eigenvalue weighted by Gasteiger charge is 2.18. The second-order valence-corrected chi connectivity index (χ2v) is 6.82. The maximum Gasteiger partial charge on any atom is 0.277 e. The third kappa shape index (κ3) is 3.57. The Morgan fingerprint density at radius 2 is 1.80 bits per heavy atom. The Morgan fingerprint density at radius 1 is 1.07 bits per heavy atom. The molecular weight excluding hydrogens is 380 g/mol. The van der Waals surface area contributed by atoms with Crippen molar-refractivity contribution in [2.75, 3.05) is 12.4 Å². The molecule has 0 aliphatic rings. The number of methoxy groups -OCH3 is 1. The summed E-state index contributed by atoms with van der Waals surface area (Å²) in [6.45, 7) is 2.36. The van der Waals surface area contributed by atoms with Gasteiger partial charge in [0.2, 0.25) is 5.91 Å². The van der Waals surface area contributed by atoms with Crippen LogP contribution in [0.25, 0.3) is 22.2 Å². The van der Waals surface area contributed by atoms with Crippen molar-refractivity contribution in [1.29, 1.82) is 0 Å². The van der Waals surface area contributed by atoms with Crippen molar-refractivity contribution in [2.45, 2.75) is 20.0 Å². The van der Waals surface area contributed by atoms with Crippen molar-refractivity contribution in [3.63, 3.8) is 0 Å². The molecule has 0 saturated carbocycles. The smallest absolute Gasteiger partial charge is 0.277 e. The van der Waals surface area contributed by atoms with Gasteiger partial charge in [-0.3, -0.25) is 14.2 Å². The number of carbonyl (C=O) groups excluding carboxylic acids is 1. The molecular formula is C23H22N4O3. The van der Waals surface area contributed by atoms with E-state index in [1.54, 1.807) is 30.1 Å². The van der Waals surface area contributed by atoms with Crippen LogP contribution in [0.5, 0.6) is 5.75 Å². The molecule has 0 unspecified atom stereocenters. The summed E-state index contributed by atoms with van der Waals surface area (Å²) in [5, 5.41) is 2.86. The first kappa shape index (κ1) is 19.4. The Kier molecular flexibility index (Phi) is 5.34. The highest BCUT2D eigenvalue weighted by molar-refractivity contribution is 5.96. The zero-order valence-corrected chi connectivity index (χ0v) is 16.8. The normalized spacial score (nSPS) is 10.9. The first-order valence-corrected chi connectivity index (χ1v) is 9.69. The molecule has 0 atom stereocenters. The summed E-state index contributed by atoms with van der Waals surface area (Å²) in [7, 11) is 1.55. The average Bonchev–Trinajstić information content (AvgIpc) is 3.14. The van der Waals surface area contributed by atoms with Crippen LogP contribution < -0.4 is 15.6 Å². The van der Waals surface area contributed by atoms with Gasteiger partial charge in [0.1, 0.15) is 23.3 Å². The molecule has 0 radical (unpaired) electrons. The number of ether oxygens (including phenoxy) is 1. The van der Waals surface area contributed by atoms with Crippen molar-refractivity contribution < 1.29 is 9.53 Å². The van der Waals surface area contributed by atoms with E-state index in [0.717, 1.165) is 11.1 Å². The van der Waals surface area contributed by atoms with Crippen LogP contribution in [0.4, 0.5) is 5.69 Å². The summed E-state index contributed by atoms with van der Waals surface area (Å²) in [5.41, 5.74) is 3.15. The summed E-state index contributed by atoms with van der Waals surface area (Å²) in [6, 6.07) is 16.9. The van der Waals surface area contributed by atoms with Gasteiger partial charge in [-0.2, -0.15) is 0 Å². The van der Waals surface area contributed by atoms with Crippen LogP contribution in [0.15, 0.2) is 71.9 Å².